The lowest BCUT2D eigenvalue weighted by Gasteiger charge is -2.09. The van der Waals surface area contributed by atoms with Crippen LogP contribution in [0.25, 0.3) is 22.0 Å². The summed E-state index contributed by atoms with van der Waals surface area (Å²) in [4.78, 5) is 4.63. The molecule has 0 amide bonds. The fourth-order valence-corrected chi connectivity index (χ4v) is 2.52. The first-order valence-corrected chi connectivity index (χ1v) is 6.58. The van der Waals surface area contributed by atoms with Crippen molar-refractivity contribution in [2.45, 2.75) is 20.8 Å². The van der Waals surface area contributed by atoms with Gasteiger partial charge in [0, 0.05) is 11.1 Å². The highest BCUT2D eigenvalue weighted by atomic mass is 14.7. The van der Waals surface area contributed by atoms with Crippen LogP contribution < -0.4 is 0 Å². The van der Waals surface area contributed by atoms with Crippen molar-refractivity contribution in [3.05, 3.63) is 65.4 Å². The van der Waals surface area contributed by atoms with E-state index in [4.69, 9.17) is 0 Å². The van der Waals surface area contributed by atoms with Crippen molar-refractivity contribution in [3.63, 3.8) is 0 Å². The van der Waals surface area contributed by atoms with E-state index in [1.54, 1.807) is 0 Å². The summed E-state index contributed by atoms with van der Waals surface area (Å²) in [6, 6.07) is 17.3. The minimum Gasteiger partial charge on any atom is -0.253 e. The van der Waals surface area contributed by atoms with Crippen molar-refractivity contribution < 1.29 is 0 Å². The standard InChI is InChI=1S/C18H17N/c1-12-5-4-6-15(9-12)16-11-14(3)19-18-8-7-13(2)10-17(16)18/h4-11H,1-3H3. The van der Waals surface area contributed by atoms with E-state index in [1.165, 1.54) is 27.6 Å². The van der Waals surface area contributed by atoms with Crippen molar-refractivity contribution in [2.24, 2.45) is 0 Å². The highest BCUT2D eigenvalue weighted by Gasteiger charge is 2.06. The van der Waals surface area contributed by atoms with E-state index in [2.05, 4.69) is 74.3 Å². The normalized spacial score (nSPS) is 10.9. The molecule has 3 aromatic rings. The molecular weight excluding hydrogens is 230 g/mol. The number of aryl methyl sites for hydroxylation is 3. The summed E-state index contributed by atoms with van der Waals surface area (Å²) in [6.45, 7) is 6.31. The van der Waals surface area contributed by atoms with Gasteiger partial charge in [0.25, 0.3) is 0 Å². The first kappa shape index (κ1) is 11.9. The predicted molar refractivity (Wildman–Crippen MR) is 81.4 cm³/mol. The van der Waals surface area contributed by atoms with Crippen LogP contribution in [-0.4, -0.2) is 4.98 Å². The van der Waals surface area contributed by atoms with Crippen LogP contribution in [0.5, 0.6) is 0 Å². The number of hydrogen-bond acceptors (Lipinski definition) is 1. The zero-order chi connectivity index (χ0) is 13.4. The molecule has 19 heavy (non-hydrogen) atoms. The lowest BCUT2D eigenvalue weighted by Crippen LogP contribution is -1.89. The second-order valence-electron chi connectivity index (χ2n) is 5.20. The molecule has 0 N–H and O–H groups in total. The second kappa shape index (κ2) is 4.51. The molecule has 94 valence electrons. The van der Waals surface area contributed by atoms with Crippen molar-refractivity contribution in [1.82, 2.24) is 4.98 Å². The average molecular weight is 247 g/mol. The van der Waals surface area contributed by atoms with Crippen LogP contribution >= 0.6 is 0 Å². The van der Waals surface area contributed by atoms with Crippen LogP contribution in [0.3, 0.4) is 0 Å². The molecular formula is C18H17N. The number of fused-ring (bicyclic) bond motifs is 1. The summed E-state index contributed by atoms with van der Waals surface area (Å²) < 4.78 is 0. The van der Waals surface area contributed by atoms with Gasteiger partial charge < -0.3 is 0 Å². The van der Waals surface area contributed by atoms with Gasteiger partial charge in [-0.05, 0) is 50.1 Å². The minimum absolute atomic E-state index is 1.06. The Labute approximate surface area is 113 Å². The van der Waals surface area contributed by atoms with Crippen LogP contribution in [-0.2, 0) is 0 Å². The SMILES string of the molecule is Cc1cccc(-c2cc(C)nc3ccc(C)cc23)c1. The van der Waals surface area contributed by atoms with Crippen LogP contribution in [0.1, 0.15) is 16.8 Å². The highest BCUT2D eigenvalue weighted by molar-refractivity contribution is 5.95. The molecule has 0 bridgehead atoms. The number of hydrogen-bond donors (Lipinski definition) is 0. The van der Waals surface area contributed by atoms with Crippen LogP contribution in [0.2, 0.25) is 0 Å². The molecule has 0 saturated heterocycles. The van der Waals surface area contributed by atoms with Gasteiger partial charge in [-0.25, -0.2) is 0 Å². The van der Waals surface area contributed by atoms with E-state index < -0.39 is 0 Å². The molecule has 3 rings (SSSR count). The molecule has 1 heterocycles. The highest BCUT2D eigenvalue weighted by Crippen LogP contribution is 2.29. The Morgan fingerprint density at radius 1 is 0.789 bits per heavy atom. The van der Waals surface area contributed by atoms with Gasteiger partial charge in [0.15, 0.2) is 0 Å². The van der Waals surface area contributed by atoms with Crippen molar-refractivity contribution in [3.8, 4) is 11.1 Å². The van der Waals surface area contributed by atoms with E-state index in [9.17, 15) is 0 Å². The number of aromatic nitrogens is 1. The number of pyridine rings is 1. The fourth-order valence-electron chi connectivity index (χ4n) is 2.52. The lowest BCUT2D eigenvalue weighted by molar-refractivity contribution is 1.25. The Kier molecular flexibility index (Phi) is 2.83. The summed E-state index contributed by atoms with van der Waals surface area (Å²) >= 11 is 0. The van der Waals surface area contributed by atoms with Crippen molar-refractivity contribution in [2.75, 3.05) is 0 Å². The minimum atomic E-state index is 1.06. The molecule has 0 saturated carbocycles. The third-order valence-corrected chi connectivity index (χ3v) is 3.42. The van der Waals surface area contributed by atoms with E-state index in [0.717, 1.165) is 11.2 Å². The second-order valence-corrected chi connectivity index (χ2v) is 5.20. The molecule has 0 fully saturated rings. The quantitative estimate of drug-likeness (QED) is 0.600. The molecule has 0 unspecified atom stereocenters. The largest absolute Gasteiger partial charge is 0.253 e. The Balaban J connectivity index is 2.36. The maximum absolute atomic E-state index is 4.63. The van der Waals surface area contributed by atoms with Gasteiger partial charge >= 0.3 is 0 Å². The summed E-state index contributed by atoms with van der Waals surface area (Å²) in [5, 5.41) is 1.23. The molecule has 0 spiro atoms. The third kappa shape index (κ3) is 2.24. The molecule has 0 aliphatic heterocycles. The first-order valence-electron chi connectivity index (χ1n) is 6.58. The van der Waals surface area contributed by atoms with E-state index in [1.807, 2.05) is 0 Å². The topological polar surface area (TPSA) is 12.9 Å². The van der Waals surface area contributed by atoms with Crippen molar-refractivity contribution >= 4 is 10.9 Å². The van der Waals surface area contributed by atoms with Gasteiger partial charge in [-0.2, -0.15) is 0 Å². The van der Waals surface area contributed by atoms with Gasteiger partial charge in [-0.3, -0.25) is 4.98 Å². The first-order chi connectivity index (χ1) is 9.13. The molecule has 2 aromatic carbocycles. The molecule has 1 aromatic heterocycles. The molecule has 0 aliphatic carbocycles. The molecule has 0 radical (unpaired) electrons. The fraction of sp³-hybridized carbons (Fsp3) is 0.167. The van der Waals surface area contributed by atoms with Gasteiger partial charge in [0.1, 0.15) is 0 Å². The Bertz CT molecular complexity index is 757. The number of nitrogens with zero attached hydrogens (tertiary/aromatic N) is 1. The lowest BCUT2D eigenvalue weighted by atomic mass is 9.98. The number of rotatable bonds is 1. The zero-order valence-corrected chi connectivity index (χ0v) is 11.6. The molecule has 1 nitrogen and oxygen atoms in total. The Morgan fingerprint density at radius 2 is 1.58 bits per heavy atom. The summed E-state index contributed by atoms with van der Waals surface area (Å²) in [5.41, 5.74) is 7.23. The van der Waals surface area contributed by atoms with E-state index >= 15 is 0 Å². The van der Waals surface area contributed by atoms with Gasteiger partial charge in [-0.15, -0.1) is 0 Å². The van der Waals surface area contributed by atoms with Crippen LogP contribution in [0.15, 0.2) is 48.5 Å². The van der Waals surface area contributed by atoms with E-state index in [-0.39, 0.29) is 0 Å². The zero-order valence-electron chi connectivity index (χ0n) is 11.6. The van der Waals surface area contributed by atoms with Crippen LogP contribution in [0, 0.1) is 20.8 Å². The average Bonchev–Trinajstić information content (AvgIpc) is 2.38. The summed E-state index contributed by atoms with van der Waals surface area (Å²) in [7, 11) is 0. The monoisotopic (exact) mass is 247 g/mol. The maximum Gasteiger partial charge on any atom is 0.0711 e. The summed E-state index contributed by atoms with van der Waals surface area (Å²) in [5.74, 6) is 0. The smallest absolute Gasteiger partial charge is 0.0711 e. The Hall–Kier alpha value is -2.15. The van der Waals surface area contributed by atoms with Crippen LogP contribution in [0.4, 0.5) is 0 Å². The maximum atomic E-state index is 4.63. The Morgan fingerprint density at radius 3 is 2.37 bits per heavy atom. The number of benzene rings is 2. The molecule has 0 atom stereocenters. The van der Waals surface area contributed by atoms with Gasteiger partial charge in [0.2, 0.25) is 0 Å². The predicted octanol–water partition coefficient (Wildman–Crippen LogP) is 4.83. The van der Waals surface area contributed by atoms with Crippen molar-refractivity contribution in [1.29, 1.82) is 0 Å². The van der Waals surface area contributed by atoms with Gasteiger partial charge in [0.05, 0.1) is 5.52 Å². The molecule has 1 heteroatoms. The van der Waals surface area contributed by atoms with E-state index in [0.29, 0.717) is 0 Å². The van der Waals surface area contributed by atoms with Gasteiger partial charge in [-0.1, -0.05) is 41.5 Å². The summed E-state index contributed by atoms with van der Waals surface area (Å²) in [6.07, 6.45) is 0. The third-order valence-electron chi connectivity index (χ3n) is 3.42. The molecule has 0 aliphatic rings.